The van der Waals surface area contributed by atoms with Gasteiger partial charge in [0.1, 0.15) is 5.60 Å². The topological polar surface area (TPSA) is 48.1 Å². The maximum Gasteiger partial charge on any atom is 0.410 e. The second-order valence-corrected chi connectivity index (χ2v) is 13.8. The van der Waals surface area contributed by atoms with E-state index in [0.717, 1.165) is 32.8 Å². The Morgan fingerprint density at radius 3 is 1.26 bits per heavy atom. The van der Waals surface area contributed by atoms with Crippen LogP contribution in [0.15, 0.2) is 48.8 Å². The first-order valence-electron chi connectivity index (χ1n) is 17.9. The fraction of sp³-hybridized carbons (Fsp3) is 0.625. The number of piperazine rings is 1. The molecule has 0 radical (unpaired) electrons. The Labute approximate surface area is 283 Å². The maximum atomic E-state index is 11.5. The van der Waals surface area contributed by atoms with E-state index in [2.05, 4.69) is 119 Å². The van der Waals surface area contributed by atoms with Crippen LogP contribution in [0.25, 0.3) is 0 Å². The minimum absolute atomic E-state index is 0.200. The zero-order chi connectivity index (χ0) is 35.2. The van der Waals surface area contributed by atoms with Crippen molar-refractivity contribution in [3.8, 4) is 0 Å². The Morgan fingerprint density at radius 2 is 0.978 bits per heavy atom. The van der Waals surface area contributed by atoms with Crippen molar-refractivity contribution in [3.63, 3.8) is 0 Å². The SMILES string of the molecule is CC.CC.CC(C)(C)OC(=O)N1CCNCC1.CC(C)c1cccc(C(C)C)c1N1C=CN(c2c(C(C)C)cccc2C(C)C)C1. The number of para-hydroxylation sites is 2. The van der Waals surface area contributed by atoms with E-state index in [9.17, 15) is 4.79 Å². The molecule has 0 atom stereocenters. The van der Waals surface area contributed by atoms with Gasteiger partial charge in [-0.3, -0.25) is 0 Å². The van der Waals surface area contributed by atoms with Gasteiger partial charge in [0.05, 0.1) is 6.67 Å². The highest BCUT2D eigenvalue weighted by Crippen LogP contribution is 2.40. The number of nitrogens with zero attached hydrogens (tertiary/aromatic N) is 3. The number of hydrogen-bond donors (Lipinski definition) is 1. The summed E-state index contributed by atoms with van der Waals surface area (Å²) in [6.07, 6.45) is 4.34. The highest BCUT2D eigenvalue weighted by atomic mass is 16.6. The van der Waals surface area contributed by atoms with Crippen molar-refractivity contribution in [1.29, 1.82) is 0 Å². The van der Waals surface area contributed by atoms with E-state index >= 15 is 0 Å². The summed E-state index contributed by atoms with van der Waals surface area (Å²) in [5, 5.41) is 3.18. The van der Waals surface area contributed by atoms with Crippen LogP contribution in [0.4, 0.5) is 16.2 Å². The van der Waals surface area contributed by atoms with Gasteiger partial charge >= 0.3 is 6.09 Å². The Balaban J connectivity index is 0.000000520. The molecular weight excluding hydrogens is 568 g/mol. The molecule has 2 aliphatic heterocycles. The fourth-order valence-corrected chi connectivity index (χ4v) is 5.57. The van der Waals surface area contributed by atoms with Crippen molar-refractivity contribution in [3.05, 3.63) is 71.1 Å². The standard InChI is InChI=1S/C27H38N2.C9H18N2O2.2C2H6/c1-18(2)22-11-9-12-23(19(3)4)26(22)28-15-16-29(17-28)27-24(20(5)6)13-10-14-25(27)21(7)8;1-9(2,3)13-8(12)11-6-4-10-5-7-11;2*1-2/h9-16,18-21H,17H2,1-8H3;10H,4-7H2,1-3H3;2*1-2H3. The Hall–Kier alpha value is -2.99. The van der Waals surface area contributed by atoms with Crippen LogP contribution in [-0.2, 0) is 4.74 Å². The lowest BCUT2D eigenvalue weighted by Gasteiger charge is -2.31. The molecule has 1 saturated heterocycles. The summed E-state index contributed by atoms with van der Waals surface area (Å²) in [5.74, 6) is 2.00. The summed E-state index contributed by atoms with van der Waals surface area (Å²) in [6, 6.07) is 13.6. The molecule has 2 aliphatic rings. The number of rotatable bonds is 6. The van der Waals surface area contributed by atoms with E-state index in [0.29, 0.717) is 23.7 Å². The molecule has 1 N–H and O–H groups in total. The van der Waals surface area contributed by atoms with Crippen LogP contribution in [0.2, 0.25) is 0 Å². The summed E-state index contributed by atoms with van der Waals surface area (Å²) in [5.41, 5.74) is 8.14. The first kappa shape index (κ1) is 41.0. The molecule has 0 spiro atoms. The first-order valence-corrected chi connectivity index (χ1v) is 17.9. The van der Waals surface area contributed by atoms with Gasteiger partial charge in [0, 0.05) is 50.0 Å². The molecule has 6 nitrogen and oxygen atoms in total. The molecule has 0 bridgehead atoms. The minimum Gasteiger partial charge on any atom is -0.444 e. The first-order chi connectivity index (χ1) is 21.7. The van der Waals surface area contributed by atoms with Crippen LogP contribution >= 0.6 is 0 Å². The van der Waals surface area contributed by atoms with E-state index in [1.165, 1.54) is 33.6 Å². The Kier molecular flexibility index (Phi) is 17.5. The van der Waals surface area contributed by atoms with Crippen LogP contribution < -0.4 is 15.1 Å². The van der Waals surface area contributed by atoms with E-state index in [1.807, 2.05) is 48.5 Å². The monoisotopic (exact) mass is 637 g/mol. The van der Waals surface area contributed by atoms with Gasteiger partial charge in [0.15, 0.2) is 0 Å². The second kappa shape index (κ2) is 19.6. The van der Waals surface area contributed by atoms with Crippen LogP contribution in [0.5, 0.6) is 0 Å². The zero-order valence-electron chi connectivity index (χ0n) is 32.1. The molecule has 0 unspecified atom stereocenters. The number of carbonyl (C=O) groups excluding carboxylic acids is 1. The fourth-order valence-electron chi connectivity index (χ4n) is 5.57. The predicted molar refractivity (Wildman–Crippen MR) is 202 cm³/mol. The summed E-state index contributed by atoms with van der Waals surface area (Å²) >= 11 is 0. The third kappa shape index (κ3) is 11.7. The van der Waals surface area contributed by atoms with Crippen molar-refractivity contribution in [2.45, 2.75) is 133 Å². The Bertz CT molecular complexity index is 1080. The average molecular weight is 637 g/mol. The highest BCUT2D eigenvalue weighted by Gasteiger charge is 2.26. The van der Waals surface area contributed by atoms with Gasteiger partial charge in [-0.2, -0.15) is 0 Å². The smallest absolute Gasteiger partial charge is 0.410 e. The van der Waals surface area contributed by atoms with Gasteiger partial charge in [-0.1, -0.05) is 119 Å². The largest absolute Gasteiger partial charge is 0.444 e. The van der Waals surface area contributed by atoms with Crippen molar-refractivity contribution < 1.29 is 9.53 Å². The predicted octanol–water partition coefficient (Wildman–Crippen LogP) is 10.8. The van der Waals surface area contributed by atoms with E-state index in [1.54, 1.807) is 4.90 Å². The lowest BCUT2D eigenvalue weighted by Crippen LogP contribution is -2.48. The highest BCUT2D eigenvalue weighted by molar-refractivity contribution is 5.70. The van der Waals surface area contributed by atoms with Crippen LogP contribution in [0.1, 0.15) is 150 Å². The Morgan fingerprint density at radius 1 is 0.652 bits per heavy atom. The molecule has 0 saturated carbocycles. The molecule has 260 valence electrons. The molecule has 0 aromatic heterocycles. The summed E-state index contributed by atoms with van der Waals surface area (Å²) in [7, 11) is 0. The van der Waals surface area contributed by atoms with E-state index < -0.39 is 0 Å². The number of nitrogens with one attached hydrogen (secondary N) is 1. The number of anilines is 2. The average Bonchev–Trinajstić information content (AvgIpc) is 3.52. The van der Waals surface area contributed by atoms with Gasteiger partial charge in [0.2, 0.25) is 0 Å². The van der Waals surface area contributed by atoms with Gasteiger partial charge in [-0.05, 0) is 66.7 Å². The van der Waals surface area contributed by atoms with Gasteiger partial charge < -0.3 is 24.8 Å². The molecule has 0 aliphatic carbocycles. The number of hydrogen-bond acceptors (Lipinski definition) is 5. The zero-order valence-corrected chi connectivity index (χ0v) is 32.1. The molecule has 2 heterocycles. The second-order valence-electron chi connectivity index (χ2n) is 13.8. The molecule has 4 rings (SSSR count). The van der Waals surface area contributed by atoms with Gasteiger partial charge in [-0.15, -0.1) is 0 Å². The van der Waals surface area contributed by atoms with Crippen molar-refractivity contribution in [2.24, 2.45) is 0 Å². The maximum absolute atomic E-state index is 11.5. The summed E-state index contributed by atoms with van der Waals surface area (Å²) in [6.45, 7) is 36.1. The number of amides is 1. The molecule has 6 heteroatoms. The molecular formula is C40H68N4O2. The quantitative estimate of drug-likeness (QED) is 0.342. The van der Waals surface area contributed by atoms with Crippen molar-refractivity contribution >= 4 is 17.5 Å². The third-order valence-corrected chi connectivity index (χ3v) is 7.76. The molecule has 1 fully saturated rings. The normalized spacial score (nSPS) is 14.5. The summed E-state index contributed by atoms with van der Waals surface area (Å²) in [4.78, 5) is 18.1. The van der Waals surface area contributed by atoms with Crippen LogP contribution in [0.3, 0.4) is 0 Å². The lowest BCUT2D eigenvalue weighted by molar-refractivity contribution is 0.0229. The number of carbonyl (C=O) groups is 1. The van der Waals surface area contributed by atoms with E-state index in [-0.39, 0.29) is 11.7 Å². The molecule has 46 heavy (non-hydrogen) atoms. The minimum atomic E-state index is -0.387. The van der Waals surface area contributed by atoms with Crippen molar-refractivity contribution in [1.82, 2.24) is 10.2 Å². The van der Waals surface area contributed by atoms with Gasteiger partial charge in [-0.25, -0.2) is 4.79 Å². The van der Waals surface area contributed by atoms with Crippen LogP contribution in [-0.4, -0.2) is 49.4 Å². The molecule has 2 aromatic rings. The molecule has 1 amide bonds. The third-order valence-electron chi connectivity index (χ3n) is 7.76. The number of benzene rings is 2. The molecule has 2 aromatic carbocycles. The van der Waals surface area contributed by atoms with Gasteiger partial charge in [0.25, 0.3) is 0 Å². The lowest BCUT2D eigenvalue weighted by atomic mass is 9.91. The number of ether oxygens (including phenoxy) is 1. The summed E-state index contributed by atoms with van der Waals surface area (Å²) < 4.78 is 5.24. The van der Waals surface area contributed by atoms with E-state index in [4.69, 9.17) is 4.74 Å². The van der Waals surface area contributed by atoms with Crippen LogP contribution in [0, 0.1) is 0 Å². The van der Waals surface area contributed by atoms with Crippen molar-refractivity contribution in [2.75, 3.05) is 42.6 Å².